The van der Waals surface area contributed by atoms with Crippen LogP contribution in [0.5, 0.6) is 0 Å². The molecule has 0 aliphatic rings. The van der Waals surface area contributed by atoms with Crippen LogP contribution in [0.15, 0.2) is 5.70 Å². The Bertz CT molecular complexity index is 442. The molecule has 0 spiro atoms. The van der Waals surface area contributed by atoms with Crippen LogP contribution in [0.1, 0.15) is 19.4 Å². The first-order valence-electron chi connectivity index (χ1n) is 4.73. The molecular weight excluding hydrogens is 204 g/mol. The van der Waals surface area contributed by atoms with Crippen molar-refractivity contribution in [3.8, 4) is 0 Å². The van der Waals surface area contributed by atoms with Crippen molar-refractivity contribution in [1.82, 2.24) is 0 Å². The second-order valence-corrected chi connectivity index (χ2v) is 3.75. The van der Waals surface area contributed by atoms with Gasteiger partial charge in [0.05, 0.1) is 28.4 Å². The van der Waals surface area contributed by atoms with Crippen LogP contribution in [0, 0.1) is 0 Å². The lowest BCUT2D eigenvalue weighted by atomic mass is 9.98. The molecule has 0 saturated heterocycles. The summed E-state index contributed by atoms with van der Waals surface area (Å²) in [5, 5.41) is 0. The molecular formula is C10H18N6. The lowest BCUT2D eigenvalue weighted by Crippen LogP contribution is -2.11. The van der Waals surface area contributed by atoms with E-state index in [0.29, 0.717) is 22.6 Å². The molecule has 0 bridgehead atoms. The van der Waals surface area contributed by atoms with E-state index in [9.17, 15) is 0 Å². The minimum Gasteiger partial charge on any atom is -0.402 e. The first kappa shape index (κ1) is 11.8. The van der Waals surface area contributed by atoms with Crippen LogP contribution in [0.25, 0.3) is 5.57 Å². The monoisotopic (exact) mass is 222 g/mol. The minimum atomic E-state index is 0.209. The Morgan fingerprint density at radius 1 is 0.688 bits per heavy atom. The molecule has 0 atom stereocenters. The number of rotatable bonds is 1. The van der Waals surface area contributed by atoms with E-state index >= 15 is 0 Å². The minimum absolute atomic E-state index is 0.209. The van der Waals surface area contributed by atoms with Crippen molar-refractivity contribution in [2.75, 3.05) is 28.7 Å². The number of hydrogen-bond donors (Lipinski definition) is 6. The van der Waals surface area contributed by atoms with E-state index in [1.54, 1.807) is 13.8 Å². The topological polar surface area (TPSA) is 156 Å². The predicted molar refractivity (Wildman–Crippen MR) is 71.0 cm³/mol. The van der Waals surface area contributed by atoms with Crippen LogP contribution in [0.2, 0.25) is 0 Å². The summed E-state index contributed by atoms with van der Waals surface area (Å²) in [5.74, 6) is 0. The Kier molecular flexibility index (Phi) is 2.76. The van der Waals surface area contributed by atoms with E-state index in [4.69, 9.17) is 34.4 Å². The first-order chi connectivity index (χ1) is 7.29. The van der Waals surface area contributed by atoms with Crippen molar-refractivity contribution in [3.05, 3.63) is 11.3 Å². The summed E-state index contributed by atoms with van der Waals surface area (Å²) in [6.45, 7) is 3.55. The summed E-state index contributed by atoms with van der Waals surface area (Å²) in [6, 6.07) is 0. The van der Waals surface area contributed by atoms with Gasteiger partial charge >= 0.3 is 0 Å². The van der Waals surface area contributed by atoms with Gasteiger partial charge in [-0.3, -0.25) is 0 Å². The van der Waals surface area contributed by atoms with Crippen LogP contribution < -0.4 is 34.4 Å². The van der Waals surface area contributed by atoms with Gasteiger partial charge < -0.3 is 34.4 Å². The van der Waals surface area contributed by atoms with Crippen LogP contribution in [-0.2, 0) is 0 Å². The molecule has 0 saturated carbocycles. The third-order valence-electron chi connectivity index (χ3n) is 2.67. The molecule has 12 N–H and O–H groups in total. The normalized spacial score (nSPS) is 12.4. The van der Waals surface area contributed by atoms with Gasteiger partial charge in [0.25, 0.3) is 0 Å². The maximum absolute atomic E-state index is 5.86. The van der Waals surface area contributed by atoms with Gasteiger partial charge in [-0.15, -0.1) is 0 Å². The maximum Gasteiger partial charge on any atom is 0.0824 e. The standard InChI is InChI=1S/C10H18N6/c1-3(4(2)11)5-6(12)8(14)10(16)9(15)7(5)13/h11-16H2,1-2H3/b4-3-. The van der Waals surface area contributed by atoms with Crippen molar-refractivity contribution in [2.45, 2.75) is 13.8 Å². The van der Waals surface area contributed by atoms with E-state index in [2.05, 4.69) is 0 Å². The molecule has 0 radical (unpaired) electrons. The Morgan fingerprint density at radius 2 is 1.00 bits per heavy atom. The van der Waals surface area contributed by atoms with Crippen LogP contribution in [0.3, 0.4) is 0 Å². The average molecular weight is 222 g/mol. The van der Waals surface area contributed by atoms with Crippen molar-refractivity contribution in [1.29, 1.82) is 0 Å². The van der Waals surface area contributed by atoms with E-state index in [1.807, 2.05) is 0 Å². The van der Waals surface area contributed by atoms with Gasteiger partial charge in [0.15, 0.2) is 0 Å². The van der Waals surface area contributed by atoms with Crippen molar-refractivity contribution >= 4 is 34.0 Å². The van der Waals surface area contributed by atoms with Gasteiger partial charge in [0.2, 0.25) is 0 Å². The summed E-state index contributed by atoms with van der Waals surface area (Å²) in [5.41, 5.74) is 37.8. The molecule has 6 heteroatoms. The fourth-order valence-corrected chi connectivity index (χ4v) is 1.45. The van der Waals surface area contributed by atoms with Gasteiger partial charge in [0.1, 0.15) is 0 Å². The maximum atomic E-state index is 5.86. The molecule has 1 aromatic carbocycles. The summed E-state index contributed by atoms with van der Waals surface area (Å²) in [4.78, 5) is 0. The van der Waals surface area contributed by atoms with Crippen LogP contribution in [-0.4, -0.2) is 0 Å². The number of hydrogen-bond acceptors (Lipinski definition) is 6. The highest BCUT2D eigenvalue weighted by atomic mass is 14.8. The highest BCUT2D eigenvalue weighted by Crippen LogP contribution is 2.41. The molecule has 0 aliphatic heterocycles. The first-order valence-corrected chi connectivity index (χ1v) is 4.73. The quantitative estimate of drug-likeness (QED) is 0.375. The van der Waals surface area contributed by atoms with Crippen LogP contribution >= 0.6 is 0 Å². The number of allylic oxidation sites excluding steroid dienone is 2. The van der Waals surface area contributed by atoms with Gasteiger partial charge in [-0.1, -0.05) is 0 Å². The van der Waals surface area contributed by atoms with Crippen molar-refractivity contribution in [3.63, 3.8) is 0 Å². The fourth-order valence-electron chi connectivity index (χ4n) is 1.45. The average Bonchev–Trinajstić information content (AvgIpc) is 2.23. The zero-order chi connectivity index (χ0) is 12.6. The lowest BCUT2D eigenvalue weighted by molar-refractivity contribution is 1.30. The molecule has 0 fully saturated rings. The second kappa shape index (κ2) is 3.73. The molecule has 16 heavy (non-hydrogen) atoms. The van der Waals surface area contributed by atoms with Crippen LogP contribution in [0.4, 0.5) is 28.4 Å². The Morgan fingerprint density at radius 3 is 1.31 bits per heavy atom. The van der Waals surface area contributed by atoms with Gasteiger partial charge in [-0.05, 0) is 19.4 Å². The zero-order valence-corrected chi connectivity index (χ0v) is 9.46. The molecule has 0 unspecified atom stereocenters. The number of nitrogens with two attached hydrogens (primary N) is 6. The highest BCUT2D eigenvalue weighted by molar-refractivity contribution is 6.02. The molecule has 6 nitrogen and oxygen atoms in total. The molecule has 88 valence electrons. The van der Waals surface area contributed by atoms with Crippen molar-refractivity contribution in [2.24, 2.45) is 5.73 Å². The van der Waals surface area contributed by atoms with E-state index in [0.717, 1.165) is 5.57 Å². The smallest absolute Gasteiger partial charge is 0.0824 e. The molecule has 1 rings (SSSR count). The molecule has 0 aromatic heterocycles. The Balaban J connectivity index is 3.72. The zero-order valence-electron chi connectivity index (χ0n) is 9.46. The fraction of sp³-hybridized carbons (Fsp3) is 0.200. The summed E-state index contributed by atoms with van der Waals surface area (Å²) in [7, 11) is 0. The van der Waals surface area contributed by atoms with E-state index < -0.39 is 0 Å². The number of nitrogen functional groups attached to an aromatic ring is 5. The molecule has 0 heterocycles. The second-order valence-electron chi connectivity index (χ2n) is 3.75. The van der Waals surface area contributed by atoms with E-state index in [1.165, 1.54) is 0 Å². The summed E-state index contributed by atoms with van der Waals surface area (Å²) in [6.07, 6.45) is 0. The van der Waals surface area contributed by atoms with Gasteiger partial charge in [-0.25, -0.2) is 0 Å². The molecule has 1 aromatic rings. The molecule has 0 amide bonds. The summed E-state index contributed by atoms with van der Waals surface area (Å²) < 4.78 is 0. The Labute approximate surface area is 94.2 Å². The SMILES string of the molecule is C/C(N)=C(\C)c1c(N)c(N)c(N)c(N)c1N. The highest BCUT2D eigenvalue weighted by Gasteiger charge is 2.17. The van der Waals surface area contributed by atoms with Gasteiger partial charge in [-0.2, -0.15) is 0 Å². The number of anilines is 5. The predicted octanol–water partition coefficient (Wildman–Crippen LogP) is 0.307. The third kappa shape index (κ3) is 1.54. The Hall–Kier alpha value is -2.24. The van der Waals surface area contributed by atoms with Gasteiger partial charge in [0, 0.05) is 11.3 Å². The summed E-state index contributed by atoms with van der Waals surface area (Å²) >= 11 is 0. The van der Waals surface area contributed by atoms with Crippen molar-refractivity contribution < 1.29 is 0 Å². The largest absolute Gasteiger partial charge is 0.402 e. The molecule has 0 aliphatic carbocycles. The van der Waals surface area contributed by atoms with E-state index in [-0.39, 0.29) is 17.1 Å². The lowest BCUT2D eigenvalue weighted by Gasteiger charge is -2.17. The number of benzene rings is 1. The third-order valence-corrected chi connectivity index (χ3v) is 2.67.